The number of pyridine rings is 1. The molecule has 2 unspecified atom stereocenters. The fraction of sp³-hybridized carbons (Fsp3) is 0.529. The largest absolute Gasteiger partial charge is 0.389 e. The van der Waals surface area contributed by atoms with Crippen molar-refractivity contribution in [1.82, 2.24) is 9.88 Å². The predicted octanol–water partition coefficient (Wildman–Crippen LogP) is 4.35. The molecule has 128 valence electrons. The molecule has 2 aliphatic heterocycles. The second-order valence-corrected chi connectivity index (χ2v) is 7.39. The first-order chi connectivity index (χ1) is 11.3. The second-order valence-electron chi connectivity index (χ2n) is 6.47. The van der Waals surface area contributed by atoms with E-state index in [0.717, 1.165) is 10.0 Å². The summed E-state index contributed by atoms with van der Waals surface area (Å²) >= 11 is 3.39. The van der Waals surface area contributed by atoms with Gasteiger partial charge in [0.2, 0.25) is 0 Å². The summed E-state index contributed by atoms with van der Waals surface area (Å²) in [6, 6.07) is 4.39. The van der Waals surface area contributed by atoms with Crippen molar-refractivity contribution in [3.05, 3.63) is 40.6 Å². The molecule has 0 aliphatic carbocycles. The highest BCUT2D eigenvalue weighted by Gasteiger charge is 2.47. The van der Waals surface area contributed by atoms with Gasteiger partial charge >= 0.3 is 6.18 Å². The number of alkyl halides is 3. The first-order valence-electron chi connectivity index (χ1n) is 7.86. The van der Waals surface area contributed by atoms with E-state index in [1.165, 1.54) is 0 Å². The lowest BCUT2D eigenvalue weighted by Crippen LogP contribution is -2.50. The van der Waals surface area contributed by atoms with Crippen molar-refractivity contribution < 1.29 is 13.2 Å². The Bertz CT molecular complexity index is 664. The van der Waals surface area contributed by atoms with Crippen molar-refractivity contribution in [3.8, 4) is 6.07 Å². The van der Waals surface area contributed by atoms with E-state index in [1.54, 1.807) is 12.4 Å². The first kappa shape index (κ1) is 17.4. The molecule has 1 fully saturated rings. The summed E-state index contributed by atoms with van der Waals surface area (Å²) in [6.07, 6.45) is 3.84. The maximum Gasteiger partial charge on any atom is 0.389 e. The van der Waals surface area contributed by atoms with Crippen molar-refractivity contribution >= 4 is 15.9 Å². The van der Waals surface area contributed by atoms with Gasteiger partial charge in [-0.3, -0.25) is 9.88 Å². The van der Waals surface area contributed by atoms with Gasteiger partial charge in [-0.1, -0.05) is 12.2 Å². The van der Waals surface area contributed by atoms with Crippen molar-refractivity contribution in [2.75, 3.05) is 6.54 Å². The van der Waals surface area contributed by atoms with E-state index in [2.05, 4.69) is 31.9 Å². The summed E-state index contributed by atoms with van der Waals surface area (Å²) < 4.78 is 37.9. The van der Waals surface area contributed by atoms with Crippen molar-refractivity contribution in [2.45, 2.75) is 49.4 Å². The highest BCUT2D eigenvalue weighted by Crippen LogP contribution is 2.44. The zero-order valence-corrected chi connectivity index (χ0v) is 14.5. The number of nitrogens with zero attached hydrogens (tertiary/aromatic N) is 3. The number of piperidine rings is 1. The van der Waals surface area contributed by atoms with Gasteiger partial charge < -0.3 is 0 Å². The highest BCUT2D eigenvalue weighted by atomic mass is 79.9. The molecular weight excluding hydrogens is 383 g/mol. The SMILES string of the molecule is N#CC1(c2cncc(Br)c2)CC2C=C[C@H](C1)N2CCCC(F)(F)F. The Balaban J connectivity index is 1.73. The molecule has 2 aliphatic rings. The smallest absolute Gasteiger partial charge is 0.290 e. The fourth-order valence-electron chi connectivity index (χ4n) is 3.75. The van der Waals surface area contributed by atoms with Crippen LogP contribution in [-0.2, 0) is 5.41 Å². The second kappa shape index (κ2) is 6.49. The van der Waals surface area contributed by atoms with Crippen LogP contribution in [0.3, 0.4) is 0 Å². The molecule has 7 heteroatoms. The Morgan fingerprint density at radius 3 is 2.50 bits per heavy atom. The summed E-state index contributed by atoms with van der Waals surface area (Å²) in [7, 11) is 0. The monoisotopic (exact) mass is 399 g/mol. The minimum absolute atomic E-state index is 0.00983. The van der Waals surface area contributed by atoms with E-state index in [0.29, 0.717) is 19.4 Å². The highest BCUT2D eigenvalue weighted by molar-refractivity contribution is 9.10. The Morgan fingerprint density at radius 1 is 1.29 bits per heavy atom. The van der Waals surface area contributed by atoms with Gasteiger partial charge in [-0.25, -0.2) is 0 Å². The number of hydrogen-bond donors (Lipinski definition) is 0. The molecule has 0 radical (unpaired) electrons. The van der Waals surface area contributed by atoms with Gasteiger partial charge in [0.15, 0.2) is 0 Å². The number of hydrogen-bond acceptors (Lipinski definition) is 3. The summed E-state index contributed by atoms with van der Waals surface area (Å²) in [4.78, 5) is 6.25. The van der Waals surface area contributed by atoms with E-state index in [9.17, 15) is 18.4 Å². The zero-order chi connectivity index (χ0) is 17.4. The van der Waals surface area contributed by atoms with Crippen LogP contribution in [0.1, 0.15) is 31.2 Å². The van der Waals surface area contributed by atoms with Gasteiger partial charge in [0.05, 0.1) is 11.5 Å². The molecule has 1 aromatic heterocycles. The first-order valence-corrected chi connectivity index (χ1v) is 8.65. The molecule has 2 bridgehead atoms. The summed E-state index contributed by atoms with van der Waals surface area (Å²) in [5, 5.41) is 9.83. The van der Waals surface area contributed by atoms with Crippen molar-refractivity contribution in [2.24, 2.45) is 0 Å². The van der Waals surface area contributed by atoms with Gasteiger partial charge in [-0.05, 0) is 53.4 Å². The molecule has 0 spiro atoms. The molecule has 0 N–H and O–H groups in total. The zero-order valence-electron chi connectivity index (χ0n) is 12.9. The summed E-state index contributed by atoms with van der Waals surface area (Å²) in [5.74, 6) is 0. The van der Waals surface area contributed by atoms with Crippen molar-refractivity contribution in [1.29, 1.82) is 5.26 Å². The number of nitriles is 1. The third-order valence-corrected chi connectivity index (χ3v) is 5.30. The minimum Gasteiger partial charge on any atom is -0.290 e. The van der Waals surface area contributed by atoms with E-state index in [1.807, 2.05) is 18.2 Å². The van der Waals surface area contributed by atoms with E-state index in [4.69, 9.17) is 0 Å². The number of fused-ring (bicyclic) bond motifs is 2. The average Bonchev–Trinajstić information content (AvgIpc) is 2.77. The van der Waals surface area contributed by atoms with Gasteiger partial charge in [0.1, 0.15) is 0 Å². The van der Waals surface area contributed by atoms with Gasteiger partial charge in [0, 0.05) is 35.4 Å². The van der Waals surface area contributed by atoms with Crippen molar-refractivity contribution in [3.63, 3.8) is 0 Å². The molecule has 3 rings (SSSR count). The van der Waals surface area contributed by atoms with Gasteiger partial charge in [-0.15, -0.1) is 0 Å². The van der Waals surface area contributed by atoms with E-state index < -0.39 is 18.0 Å². The standard InChI is InChI=1S/C17H17BrF3N3/c18-13-6-12(9-23-10-13)16(11-22)7-14-2-3-15(8-16)24(14)5-1-4-17(19,20)21/h2-3,6,9-10,14-15H,1,4-5,7-8H2/t14-,15?,16?/m1/s1. The average molecular weight is 400 g/mol. The number of rotatable bonds is 4. The quantitative estimate of drug-likeness (QED) is 0.706. The number of aromatic nitrogens is 1. The normalized spacial score (nSPS) is 29.6. The molecule has 3 atom stereocenters. The molecule has 24 heavy (non-hydrogen) atoms. The third kappa shape index (κ3) is 3.50. The maximum absolute atomic E-state index is 12.4. The van der Waals surface area contributed by atoms with Crippen LogP contribution in [0.25, 0.3) is 0 Å². The lowest BCUT2D eigenvalue weighted by molar-refractivity contribution is -0.136. The Labute approximate surface area is 147 Å². The molecule has 0 saturated carbocycles. The minimum atomic E-state index is -4.11. The molecule has 0 amide bonds. The lowest BCUT2D eigenvalue weighted by Gasteiger charge is -2.43. The Hall–Kier alpha value is -1.39. The van der Waals surface area contributed by atoms with Crippen LogP contribution >= 0.6 is 15.9 Å². The molecular formula is C17H17BrF3N3. The van der Waals surface area contributed by atoms with E-state index >= 15 is 0 Å². The molecule has 1 aromatic rings. The number of halogens is 4. The van der Waals surface area contributed by atoms with Crippen LogP contribution in [-0.4, -0.2) is 34.7 Å². The summed E-state index contributed by atoms with van der Waals surface area (Å²) in [6.45, 7) is 0.403. The van der Waals surface area contributed by atoms with Crippen LogP contribution in [0.5, 0.6) is 0 Å². The Morgan fingerprint density at radius 2 is 1.96 bits per heavy atom. The molecule has 0 aromatic carbocycles. The topological polar surface area (TPSA) is 39.9 Å². The van der Waals surface area contributed by atoms with Gasteiger partial charge in [0.25, 0.3) is 0 Å². The van der Waals surface area contributed by atoms with Gasteiger partial charge in [-0.2, -0.15) is 18.4 Å². The van der Waals surface area contributed by atoms with Crippen LogP contribution in [0, 0.1) is 11.3 Å². The predicted molar refractivity (Wildman–Crippen MR) is 87.2 cm³/mol. The Kier molecular flexibility index (Phi) is 4.71. The summed E-state index contributed by atoms with van der Waals surface area (Å²) in [5.41, 5.74) is 0.226. The lowest BCUT2D eigenvalue weighted by atomic mass is 9.71. The molecule has 3 heterocycles. The molecule has 3 nitrogen and oxygen atoms in total. The van der Waals surface area contributed by atoms with Crippen LogP contribution in [0.2, 0.25) is 0 Å². The fourth-order valence-corrected chi connectivity index (χ4v) is 4.12. The van der Waals surface area contributed by atoms with Crippen LogP contribution in [0.4, 0.5) is 13.2 Å². The maximum atomic E-state index is 12.4. The van der Waals surface area contributed by atoms with Crippen LogP contribution < -0.4 is 0 Å². The molecule has 1 saturated heterocycles. The van der Waals surface area contributed by atoms with Crippen LogP contribution in [0.15, 0.2) is 35.1 Å². The van der Waals surface area contributed by atoms with E-state index in [-0.39, 0.29) is 18.5 Å². The third-order valence-electron chi connectivity index (χ3n) is 4.87.